The lowest BCUT2D eigenvalue weighted by Crippen LogP contribution is -2.45. The zero-order chi connectivity index (χ0) is 28.9. The normalized spacial score (nSPS) is 20.6. The number of alkyl halides is 2. The minimum absolute atomic E-state index is 0.0251. The van der Waals surface area contributed by atoms with Gasteiger partial charge in [0.1, 0.15) is 23.4 Å². The number of aromatic nitrogens is 3. The van der Waals surface area contributed by atoms with Crippen LogP contribution in [0.25, 0.3) is 11.0 Å². The third-order valence-corrected chi connectivity index (χ3v) is 7.51. The van der Waals surface area contributed by atoms with Gasteiger partial charge in [-0.3, -0.25) is 14.2 Å². The number of halogens is 3. The molecule has 0 bridgehead atoms. The maximum Gasteiger partial charge on any atom is 0.266 e. The Kier molecular flexibility index (Phi) is 7.77. The molecule has 1 unspecified atom stereocenters. The first-order valence-corrected chi connectivity index (χ1v) is 12.3. The number of methoxy groups -OCH3 is 1. The number of likely N-dealkylation sites (tertiary alicyclic amines) is 1. The maximum atomic E-state index is 14.9. The fourth-order valence-corrected chi connectivity index (χ4v) is 5.38. The first-order chi connectivity index (χ1) is 18.2. The lowest BCUT2D eigenvalue weighted by molar-refractivity contribution is -0.132. The maximum absolute atomic E-state index is 14.9. The van der Waals surface area contributed by atoms with E-state index in [9.17, 15) is 22.8 Å². The highest BCUT2D eigenvalue weighted by molar-refractivity contribution is 6.68. The average Bonchev–Trinajstić information content (AvgIpc) is 3.22. The van der Waals surface area contributed by atoms with Gasteiger partial charge in [0.2, 0.25) is 5.91 Å². The van der Waals surface area contributed by atoms with Crippen LogP contribution in [0.5, 0.6) is 0 Å². The molecule has 1 aliphatic rings. The second-order valence-electron chi connectivity index (χ2n) is 10.3. The minimum Gasteiger partial charge on any atom is -0.371 e. The Hall–Kier alpha value is -3.08. The summed E-state index contributed by atoms with van der Waals surface area (Å²) in [6.45, 7) is 3.46. The summed E-state index contributed by atoms with van der Waals surface area (Å²) in [4.78, 5) is 36.4. The number of rotatable bonds is 7. The van der Waals surface area contributed by atoms with Gasteiger partial charge in [0.05, 0.1) is 46.9 Å². The zero-order valence-electron chi connectivity index (χ0n) is 22.1. The Morgan fingerprint density at radius 1 is 1.26 bits per heavy atom. The minimum atomic E-state index is -2.94. The highest BCUT2D eigenvalue weighted by atomic mass is 19.3. The molecule has 2 aromatic heterocycles. The summed E-state index contributed by atoms with van der Waals surface area (Å²) < 4.78 is 48.6. The average molecular weight is 532 g/mol. The van der Waals surface area contributed by atoms with E-state index < -0.39 is 51.9 Å². The number of nitrogens with zero attached hydrogens (tertiary/aromatic N) is 4. The van der Waals surface area contributed by atoms with E-state index >= 15 is 0 Å². The summed E-state index contributed by atoms with van der Waals surface area (Å²) in [5.41, 5.74) is -1.05. The van der Waals surface area contributed by atoms with Crippen LogP contribution in [0.3, 0.4) is 0 Å². The Morgan fingerprint density at radius 2 is 1.92 bits per heavy atom. The van der Waals surface area contributed by atoms with E-state index in [0.29, 0.717) is 16.7 Å². The van der Waals surface area contributed by atoms with Crippen LogP contribution in [0, 0.1) is 5.82 Å². The van der Waals surface area contributed by atoms with E-state index in [4.69, 9.17) is 28.3 Å². The number of fused-ring (bicyclic) bond motifs is 1. The molecule has 4 rings (SSSR count). The van der Waals surface area contributed by atoms with Crippen LogP contribution in [0.15, 0.2) is 35.4 Å². The van der Waals surface area contributed by atoms with E-state index in [2.05, 4.69) is 9.97 Å². The van der Waals surface area contributed by atoms with Crippen molar-refractivity contribution in [1.29, 1.82) is 0 Å². The molecule has 0 aliphatic carbocycles. The Morgan fingerprint density at radius 3 is 2.54 bits per heavy atom. The third-order valence-electron chi connectivity index (χ3n) is 7.51. The standard InChI is InChI=1S/C26H26B3F3N4O3/c1-13(15-6-5-7-16(20(15)30)21(31)32)8-19-17-9-18(23(37)35(3)22(17)34-12-33-19)25(39-4)10-14(2)36(11-25)24(38)26(27,28)29/h5-7,9,12-14,21H,8,10-11H2,1-4H3/t13-,14+,25?/m0/s1. The number of benzene rings is 1. The Labute approximate surface area is 228 Å². The van der Waals surface area contributed by atoms with Gasteiger partial charge in [0.15, 0.2) is 0 Å². The second-order valence-corrected chi connectivity index (χ2v) is 10.3. The molecule has 0 saturated carbocycles. The molecule has 7 nitrogen and oxygen atoms in total. The number of pyridine rings is 1. The molecule has 1 aliphatic heterocycles. The monoisotopic (exact) mass is 532 g/mol. The first kappa shape index (κ1) is 28.9. The van der Waals surface area contributed by atoms with Gasteiger partial charge in [-0.15, -0.1) is 0 Å². The van der Waals surface area contributed by atoms with Crippen LogP contribution < -0.4 is 5.56 Å². The lowest BCUT2D eigenvalue weighted by Gasteiger charge is -2.32. The van der Waals surface area contributed by atoms with Crippen molar-refractivity contribution in [2.45, 2.75) is 55.8 Å². The summed E-state index contributed by atoms with van der Waals surface area (Å²) in [6, 6.07) is 5.14. The predicted octanol–water partition coefficient (Wildman–Crippen LogP) is 2.79. The number of hydrogen-bond donors (Lipinski definition) is 0. The summed E-state index contributed by atoms with van der Waals surface area (Å²) in [6.07, 6.45) is -1.21. The molecule has 3 heterocycles. The molecule has 1 amide bonds. The molecule has 3 aromatic rings. The molecular formula is C26H26B3F3N4O3. The molecule has 0 spiro atoms. The predicted molar refractivity (Wildman–Crippen MR) is 143 cm³/mol. The largest absolute Gasteiger partial charge is 0.371 e. The number of hydrogen-bond acceptors (Lipinski definition) is 5. The van der Waals surface area contributed by atoms with Gasteiger partial charge in [-0.2, -0.15) is 0 Å². The van der Waals surface area contributed by atoms with Crippen LogP contribution in [0.1, 0.15) is 55.0 Å². The molecule has 198 valence electrons. The topological polar surface area (TPSA) is 77.3 Å². The van der Waals surface area contributed by atoms with Gasteiger partial charge < -0.3 is 9.64 Å². The number of ether oxygens (including phenoxy) is 1. The highest BCUT2D eigenvalue weighted by Gasteiger charge is 2.48. The number of amides is 1. The first-order valence-electron chi connectivity index (χ1n) is 12.3. The van der Waals surface area contributed by atoms with Crippen molar-refractivity contribution in [2.24, 2.45) is 7.05 Å². The smallest absolute Gasteiger partial charge is 0.266 e. The summed E-state index contributed by atoms with van der Waals surface area (Å²) in [5, 5.41) is -1.59. The van der Waals surface area contributed by atoms with Crippen molar-refractivity contribution in [3.63, 3.8) is 0 Å². The van der Waals surface area contributed by atoms with Crippen molar-refractivity contribution >= 4 is 40.5 Å². The van der Waals surface area contributed by atoms with Gasteiger partial charge >= 0.3 is 0 Å². The summed E-state index contributed by atoms with van der Waals surface area (Å²) in [5.74, 6) is -2.17. The fraction of sp³-hybridized carbons (Fsp3) is 0.462. The van der Waals surface area contributed by atoms with Gasteiger partial charge in [-0.1, -0.05) is 30.2 Å². The Balaban J connectivity index is 1.80. The van der Waals surface area contributed by atoms with Gasteiger partial charge in [0.25, 0.3) is 12.0 Å². The number of aryl methyl sites for hydroxylation is 1. The van der Waals surface area contributed by atoms with Gasteiger partial charge in [-0.05, 0) is 30.9 Å². The molecule has 1 fully saturated rings. The van der Waals surface area contributed by atoms with Crippen molar-refractivity contribution in [2.75, 3.05) is 13.7 Å². The molecule has 13 heteroatoms. The van der Waals surface area contributed by atoms with Crippen LogP contribution in [0.4, 0.5) is 13.2 Å². The van der Waals surface area contributed by atoms with Crippen LogP contribution >= 0.6 is 0 Å². The van der Waals surface area contributed by atoms with Crippen LogP contribution in [0.2, 0.25) is 5.11 Å². The Bertz CT molecular complexity index is 1480. The summed E-state index contributed by atoms with van der Waals surface area (Å²) >= 11 is 0. The molecule has 1 saturated heterocycles. The van der Waals surface area contributed by atoms with Crippen molar-refractivity contribution in [3.05, 3.63) is 69.1 Å². The van der Waals surface area contributed by atoms with Crippen LogP contribution in [-0.2, 0) is 28.6 Å². The molecular weight excluding hydrogens is 506 g/mol. The van der Waals surface area contributed by atoms with E-state index in [1.807, 2.05) is 0 Å². The van der Waals surface area contributed by atoms with Crippen LogP contribution in [-0.4, -0.2) is 68.6 Å². The van der Waals surface area contributed by atoms with Gasteiger partial charge in [0, 0.05) is 32.0 Å². The number of carbonyl (C=O) groups excluding carboxylic acids is 1. The summed E-state index contributed by atoms with van der Waals surface area (Å²) in [7, 11) is 19.9. The molecule has 39 heavy (non-hydrogen) atoms. The molecule has 0 N–H and O–H groups in total. The van der Waals surface area contributed by atoms with E-state index in [-0.39, 0.29) is 30.5 Å². The zero-order valence-corrected chi connectivity index (χ0v) is 22.1. The van der Waals surface area contributed by atoms with Crippen molar-refractivity contribution in [1.82, 2.24) is 19.4 Å². The number of carbonyl (C=O) groups is 1. The SMILES string of the molecule is [B]C([B])([B])C(=O)N1CC(OC)(c2cc3c(C[C@H](C)c4cccc(C(F)F)c4F)ncnc3n(C)c2=O)C[C@H]1C. The molecule has 6 radical (unpaired) electrons. The highest BCUT2D eigenvalue weighted by Crippen LogP contribution is 2.40. The second kappa shape index (κ2) is 10.5. The van der Waals surface area contributed by atoms with Gasteiger partial charge in [-0.25, -0.2) is 23.1 Å². The van der Waals surface area contributed by atoms with E-state index in [1.54, 1.807) is 27.0 Å². The van der Waals surface area contributed by atoms with E-state index in [1.165, 1.54) is 35.0 Å². The van der Waals surface area contributed by atoms with Crippen molar-refractivity contribution < 1.29 is 22.7 Å². The molecule has 3 atom stereocenters. The quantitative estimate of drug-likeness (QED) is 0.438. The lowest BCUT2D eigenvalue weighted by atomic mass is 9.42. The molecule has 1 aromatic carbocycles. The van der Waals surface area contributed by atoms with E-state index in [0.717, 1.165) is 6.07 Å². The third kappa shape index (κ3) is 5.13. The van der Waals surface area contributed by atoms with Crippen molar-refractivity contribution in [3.8, 4) is 0 Å². The fourth-order valence-electron chi connectivity index (χ4n) is 5.38.